The van der Waals surface area contributed by atoms with Gasteiger partial charge in [-0.2, -0.15) is 0 Å². The zero-order valence-corrected chi connectivity index (χ0v) is 14.9. The topological polar surface area (TPSA) is 18.5 Å². The van der Waals surface area contributed by atoms with Crippen molar-refractivity contribution in [3.8, 4) is 0 Å². The lowest BCUT2D eigenvalue weighted by molar-refractivity contribution is 0.0254. The molecule has 3 nitrogen and oxygen atoms in total. The fourth-order valence-electron chi connectivity index (χ4n) is 4.87. The van der Waals surface area contributed by atoms with Gasteiger partial charge in [0.15, 0.2) is 0 Å². The van der Waals surface area contributed by atoms with Crippen LogP contribution in [0.3, 0.4) is 0 Å². The summed E-state index contributed by atoms with van der Waals surface area (Å²) in [5.41, 5.74) is 0.706. The summed E-state index contributed by atoms with van der Waals surface area (Å²) in [6.45, 7) is 15.3. The highest BCUT2D eigenvalue weighted by Crippen LogP contribution is 2.41. The van der Waals surface area contributed by atoms with Crippen LogP contribution in [-0.2, 0) is 0 Å². The van der Waals surface area contributed by atoms with Crippen LogP contribution >= 0.6 is 0 Å². The van der Waals surface area contributed by atoms with Crippen molar-refractivity contribution >= 4 is 0 Å². The van der Waals surface area contributed by atoms with E-state index in [1.165, 1.54) is 90.9 Å². The molecule has 3 saturated heterocycles. The first-order chi connectivity index (χ1) is 10.7. The largest absolute Gasteiger partial charge is 0.317 e. The molecule has 3 heteroatoms. The molecule has 0 bridgehead atoms. The van der Waals surface area contributed by atoms with Crippen molar-refractivity contribution in [2.75, 3.05) is 52.4 Å². The number of rotatable bonds is 4. The van der Waals surface area contributed by atoms with E-state index >= 15 is 0 Å². The van der Waals surface area contributed by atoms with Crippen LogP contribution in [0.4, 0.5) is 0 Å². The van der Waals surface area contributed by atoms with E-state index < -0.39 is 0 Å². The Balaban J connectivity index is 1.40. The number of hydrogen-bond donors (Lipinski definition) is 1. The second kappa shape index (κ2) is 7.63. The average molecular weight is 308 g/mol. The van der Waals surface area contributed by atoms with Gasteiger partial charge in [-0.05, 0) is 95.0 Å². The lowest BCUT2D eigenvalue weighted by Crippen LogP contribution is -2.48. The van der Waals surface area contributed by atoms with Crippen molar-refractivity contribution < 1.29 is 0 Å². The number of hydrogen-bond acceptors (Lipinski definition) is 3. The first kappa shape index (κ1) is 16.7. The number of nitrogens with zero attached hydrogens (tertiary/aromatic N) is 2. The van der Waals surface area contributed by atoms with Gasteiger partial charge in [-0.15, -0.1) is 0 Å². The highest BCUT2D eigenvalue weighted by atomic mass is 15.2. The molecule has 0 atom stereocenters. The Morgan fingerprint density at radius 1 is 0.909 bits per heavy atom. The zero-order chi connectivity index (χ0) is 15.4. The summed E-state index contributed by atoms with van der Waals surface area (Å²) >= 11 is 0. The SMILES string of the molecule is CC(C)CN1CCC2(CC1)CCN(CC1CCNCC1)CC2. The molecular weight excluding hydrogens is 270 g/mol. The minimum atomic E-state index is 0.706. The van der Waals surface area contributed by atoms with E-state index in [1.54, 1.807) is 0 Å². The molecule has 3 rings (SSSR count). The van der Waals surface area contributed by atoms with Crippen molar-refractivity contribution in [1.29, 1.82) is 0 Å². The Morgan fingerprint density at radius 3 is 2.00 bits per heavy atom. The maximum absolute atomic E-state index is 3.49. The highest BCUT2D eigenvalue weighted by molar-refractivity contribution is 4.91. The van der Waals surface area contributed by atoms with Crippen LogP contribution in [0.15, 0.2) is 0 Å². The van der Waals surface area contributed by atoms with Crippen LogP contribution in [0.2, 0.25) is 0 Å². The quantitative estimate of drug-likeness (QED) is 0.861. The second-order valence-corrected chi connectivity index (χ2v) is 8.69. The summed E-state index contributed by atoms with van der Waals surface area (Å²) in [5, 5.41) is 3.49. The van der Waals surface area contributed by atoms with Crippen molar-refractivity contribution in [2.24, 2.45) is 17.3 Å². The highest BCUT2D eigenvalue weighted by Gasteiger charge is 2.37. The molecule has 0 aromatic carbocycles. The van der Waals surface area contributed by atoms with E-state index in [-0.39, 0.29) is 0 Å². The number of piperidine rings is 3. The van der Waals surface area contributed by atoms with E-state index in [4.69, 9.17) is 0 Å². The van der Waals surface area contributed by atoms with Crippen molar-refractivity contribution in [1.82, 2.24) is 15.1 Å². The van der Waals surface area contributed by atoms with Gasteiger partial charge in [0.25, 0.3) is 0 Å². The second-order valence-electron chi connectivity index (χ2n) is 8.69. The smallest absolute Gasteiger partial charge is 0.00106 e. The summed E-state index contributed by atoms with van der Waals surface area (Å²) in [7, 11) is 0. The zero-order valence-electron chi connectivity index (χ0n) is 14.9. The molecule has 1 spiro atoms. The van der Waals surface area contributed by atoms with E-state index in [1.807, 2.05) is 0 Å². The molecule has 3 heterocycles. The number of nitrogens with one attached hydrogen (secondary N) is 1. The third kappa shape index (κ3) is 4.46. The molecule has 0 unspecified atom stereocenters. The number of likely N-dealkylation sites (tertiary alicyclic amines) is 2. The summed E-state index contributed by atoms with van der Waals surface area (Å²) < 4.78 is 0. The molecule has 0 radical (unpaired) electrons. The van der Waals surface area contributed by atoms with Gasteiger partial charge in [-0.3, -0.25) is 0 Å². The maximum Gasteiger partial charge on any atom is 0.00106 e. The monoisotopic (exact) mass is 307 g/mol. The fourth-order valence-corrected chi connectivity index (χ4v) is 4.87. The van der Waals surface area contributed by atoms with E-state index in [2.05, 4.69) is 29.0 Å². The predicted octanol–water partition coefficient (Wildman–Crippen LogP) is 2.82. The summed E-state index contributed by atoms with van der Waals surface area (Å²) in [4.78, 5) is 5.49. The van der Waals surface area contributed by atoms with Gasteiger partial charge >= 0.3 is 0 Å². The lowest BCUT2D eigenvalue weighted by atomic mass is 9.71. The summed E-state index contributed by atoms with van der Waals surface area (Å²) in [6.07, 6.45) is 8.64. The van der Waals surface area contributed by atoms with Gasteiger partial charge < -0.3 is 15.1 Å². The van der Waals surface area contributed by atoms with Gasteiger partial charge in [0.05, 0.1) is 0 Å². The van der Waals surface area contributed by atoms with Crippen molar-refractivity contribution in [3.05, 3.63) is 0 Å². The normalized spacial score (nSPS) is 28.5. The predicted molar refractivity (Wildman–Crippen MR) is 94.2 cm³/mol. The molecule has 0 saturated carbocycles. The standard InChI is InChI=1S/C19H37N3/c1-17(2)15-21-11-5-19(6-12-21)7-13-22(14-8-19)16-18-3-9-20-10-4-18/h17-18,20H,3-16H2,1-2H3. The Kier molecular flexibility index (Phi) is 5.80. The molecule has 128 valence electrons. The Hall–Kier alpha value is -0.120. The third-order valence-corrected chi connectivity index (χ3v) is 6.43. The summed E-state index contributed by atoms with van der Waals surface area (Å²) in [6, 6.07) is 0. The van der Waals surface area contributed by atoms with Crippen LogP contribution in [-0.4, -0.2) is 62.2 Å². The Bertz CT molecular complexity index is 318. The van der Waals surface area contributed by atoms with Crippen LogP contribution in [0, 0.1) is 17.3 Å². The van der Waals surface area contributed by atoms with Gasteiger partial charge in [0.2, 0.25) is 0 Å². The van der Waals surface area contributed by atoms with Gasteiger partial charge in [0, 0.05) is 13.1 Å². The Labute approximate surface area is 137 Å². The molecule has 3 aliphatic rings. The van der Waals surface area contributed by atoms with E-state index in [0.717, 1.165) is 11.8 Å². The van der Waals surface area contributed by atoms with Gasteiger partial charge in [0.1, 0.15) is 0 Å². The summed E-state index contributed by atoms with van der Waals surface area (Å²) in [5.74, 6) is 1.78. The first-order valence-electron chi connectivity index (χ1n) is 9.81. The van der Waals surface area contributed by atoms with Crippen molar-refractivity contribution in [2.45, 2.75) is 52.4 Å². The molecule has 0 amide bonds. The van der Waals surface area contributed by atoms with Crippen LogP contribution in [0.25, 0.3) is 0 Å². The van der Waals surface area contributed by atoms with Crippen molar-refractivity contribution in [3.63, 3.8) is 0 Å². The molecule has 1 N–H and O–H groups in total. The third-order valence-electron chi connectivity index (χ3n) is 6.43. The molecule has 3 fully saturated rings. The van der Waals surface area contributed by atoms with E-state index in [9.17, 15) is 0 Å². The van der Waals surface area contributed by atoms with Crippen LogP contribution < -0.4 is 5.32 Å². The molecule has 0 aliphatic carbocycles. The molecule has 0 aromatic heterocycles. The van der Waals surface area contributed by atoms with Gasteiger partial charge in [-0.1, -0.05) is 13.8 Å². The van der Waals surface area contributed by atoms with Gasteiger partial charge in [-0.25, -0.2) is 0 Å². The van der Waals surface area contributed by atoms with E-state index in [0.29, 0.717) is 5.41 Å². The first-order valence-corrected chi connectivity index (χ1v) is 9.81. The maximum atomic E-state index is 3.49. The van der Waals surface area contributed by atoms with Crippen LogP contribution in [0.1, 0.15) is 52.4 Å². The lowest BCUT2D eigenvalue weighted by Gasteiger charge is -2.47. The minimum absolute atomic E-state index is 0.706. The minimum Gasteiger partial charge on any atom is -0.317 e. The molecule has 0 aromatic rings. The molecule has 3 aliphatic heterocycles. The molecule has 22 heavy (non-hydrogen) atoms. The Morgan fingerprint density at radius 2 is 1.45 bits per heavy atom. The average Bonchev–Trinajstić information content (AvgIpc) is 2.53. The molecular formula is C19H37N3. The van der Waals surface area contributed by atoms with Crippen LogP contribution in [0.5, 0.6) is 0 Å². The fraction of sp³-hybridized carbons (Fsp3) is 1.00.